The summed E-state index contributed by atoms with van der Waals surface area (Å²) in [6, 6.07) is 28.0. The molecule has 0 bridgehead atoms. The van der Waals surface area contributed by atoms with Gasteiger partial charge in [0.1, 0.15) is 0 Å². The number of hydrogen-bond acceptors (Lipinski definition) is 0. The lowest BCUT2D eigenvalue weighted by molar-refractivity contribution is 0.593. The van der Waals surface area contributed by atoms with Gasteiger partial charge in [-0.3, -0.25) is 0 Å². The molecule has 0 aromatic heterocycles. The highest BCUT2D eigenvalue weighted by molar-refractivity contribution is 5.80. The molecule has 0 heterocycles. The monoisotopic (exact) mass is 286 g/mol. The maximum absolute atomic E-state index is 2.29. The van der Waals surface area contributed by atoms with E-state index in [1.807, 2.05) is 0 Å². The van der Waals surface area contributed by atoms with Crippen molar-refractivity contribution in [2.24, 2.45) is 0 Å². The Morgan fingerprint density at radius 2 is 0.909 bits per heavy atom. The summed E-state index contributed by atoms with van der Waals surface area (Å²) >= 11 is 0. The summed E-state index contributed by atoms with van der Waals surface area (Å²) in [4.78, 5) is 0. The molecule has 0 nitrogen and oxygen atoms in total. The van der Waals surface area contributed by atoms with Crippen LogP contribution in [0.4, 0.5) is 0 Å². The fourth-order valence-electron chi connectivity index (χ4n) is 3.08. The molecule has 3 aromatic rings. The van der Waals surface area contributed by atoms with Gasteiger partial charge in [-0.25, -0.2) is 0 Å². The van der Waals surface area contributed by atoms with E-state index in [9.17, 15) is 0 Å². The molecule has 0 radical (unpaired) electrons. The van der Waals surface area contributed by atoms with E-state index in [0.29, 0.717) is 0 Å². The third kappa shape index (κ3) is 2.82. The molecule has 3 aromatic carbocycles. The smallest absolute Gasteiger partial charge is 0.0120 e. The van der Waals surface area contributed by atoms with E-state index in [0.717, 1.165) is 0 Å². The van der Waals surface area contributed by atoms with Gasteiger partial charge < -0.3 is 0 Å². The zero-order valence-corrected chi connectivity index (χ0v) is 13.5. The van der Waals surface area contributed by atoms with Crippen LogP contribution in [0.2, 0.25) is 0 Å². The molecule has 0 fully saturated rings. The fraction of sp³-hybridized carbons (Fsp3) is 0.182. The Hall–Kier alpha value is -2.34. The van der Waals surface area contributed by atoms with Crippen molar-refractivity contribution in [1.82, 2.24) is 0 Å². The first kappa shape index (κ1) is 14.6. The Morgan fingerprint density at radius 3 is 1.27 bits per heavy atom. The first-order valence-electron chi connectivity index (χ1n) is 7.82. The van der Waals surface area contributed by atoms with E-state index >= 15 is 0 Å². The predicted octanol–water partition coefficient (Wildman–Crippen LogP) is 6.32. The molecule has 0 heteroatoms. The van der Waals surface area contributed by atoms with Gasteiger partial charge in [-0.2, -0.15) is 0 Å². The molecule has 22 heavy (non-hydrogen) atoms. The third-order valence-corrected chi connectivity index (χ3v) is 3.98. The molecular weight excluding hydrogens is 264 g/mol. The van der Waals surface area contributed by atoms with Gasteiger partial charge >= 0.3 is 0 Å². The summed E-state index contributed by atoms with van der Waals surface area (Å²) in [6.07, 6.45) is 0. The quantitative estimate of drug-likeness (QED) is 0.517. The third-order valence-electron chi connectivity index (χ3n) is 3.98. The number of rotatable bonds is 2. The van der Waals surface area contributed by atoms with Crippen LogP contribution in [0.3, 0.4) is 0 Å². The molecule has 0 saturated heterocycles. The molecule has 0 amide bonds. The molecule has 0 unspecified atom stereocenters. The Morgan fingerprint density at radius 1 is 0.500 bits per heavy atom. The second-order valence-corrected chi connectivity index (χ2v) is 6.71. The van der Waals surface area contributed by atoms with Crippen molar-refractivity contribution in [2.45, 2.75) is 26.2 Å². The van der Waals surface area contributed by atoms with E-state index in [4.69, 9.17) is 0 Å². The van der Waals surface area contributed by atoms with Crippen LogP contribution >= 0.6 is 0 Å². The Balaban J connectivity index is 2.29. The van der Waals surface area contributed by atoms with Crippen LogP contribution in [0.15, 0.2) is 78.9 Å². The second kappa shape index (κ2) is 5.81. The van der Waals surface area contributed by atoms with Gasteiger partial charge in [-0.1, -0.05) is 99.6 Å². The van der Waals surface area contributed by atoms with E-state index in [-0.39, 0.29) is 5.41 Å². The Bertz CT molecular complexity index is 689. The summed E-state index contributed by atoms with van der Waals surface area (Å²) < 4.78 is 0. The molecule has 0 N–H and O–H groups in total. The van der Waals surface area contributed by atoms with Gasteiger partial charge in [0.05, 0.1) is 0 Å². The van der Waals surface area contributed by atoms with Crippen molar-refractivity contribution in [3.8, 4) is 22.3 Å². The largest absolute Gasteiger partial charge is 0.0622 e. The molecule has 0 aliphatic rings. The summed E-state index contributed by atoms with van der Waals surface area (Å²) in [5, 5.41) is 0. The van der Waals surface area contributed by atoms with Gasteiger partial charge in [0.25, 0.3) is 0 Å². The summed E-state index contributed by atoms with van der Waals surface area (Å²) in [7, 11) is 0. The lowest BCUT2D eigenvalue weighted by atomic mass is 9.77. The zero-order valence-electron chi connectivity index (χ0n) is 13.5. The molecule has 0 aliphatic carbocycles. The van der Waals surface area contributed by atoms with Crippen LogP contribution in [0.1, 0.15) is 26.3 Å². The topological polar surface area (TPSA) is 0 Å². The van der Waals surface area contributed by atoms with Crippen molar-refractivity contribution in [1.29, 1.82) is 0 Å². The number of benzene rings is 3. The first-order chi connectivity index (χ1) is 10.6. The second-order valence-electron chi connectivity index (χ2n) is 6.71. The fourth-order valence-corrected chi connectivity index (χ4v) is 3.08. The van der Waals surface area contributed by atoms with Crippen molar-refractivity contribution >= 4 is 0 Å². The zero-order chi connectivity index (χ0) is 15.6. The standard InChI is InChI=1S/C22H22/c1-22(2,3)21-19(17-11-6-4-7-12-17)15-10-16-20(21)18-13-8-5-9-14-18/h4-16H,1-3H3. The van der Waals surface area contributed by atoms with Crippen molar-refractivity contribution in [3.63, 3.8) is 0 Å². The summed E-state index contributed by atoms with van der Waals surface area (Å²) in [5.41, 5.74) is 6.71. The van der Waals surface area contributed by atoms with Gasteiger partial charge in [0.2, 0.25) is 0 Å². The molecule has 0 atom stereocenters. The number of hydrogen-bond donors (Lipinski definition) is 0. The lowest BCUT2D eigenvalue weighted by Gasteiger charge is -2.27. The van der Waals surface area contributed by atoms with Crippen molar-refractivity contribution in [3.05, 3.63) is 84.4 Å². The van der Waals surface area contributed by atoms with E-state index in [1.54, 1.807) is 0 Å². The van der Waals surface area contributed by atoms with Gasteiger partial charge in [-0.05, 0) is 33.2 Å². The first-order valence-corrected chi connectivity index (χ1v) is 7.82. The van der Waals surface area contributed by atoms with Gasteiger partial charge in [-0.15, -0.1) is 0 Å². The average molecular weight is 286 g/mol. The minimum absolute atomic E-state index is 0.0810. The maximum Gasteiger partial charge on any atom is -0.0120 e. The normalized spacial score (nSPS) is 11.4. The van der Waals surface area contributed by atoms with E-state index < -0.39 is 0 Å². The van der Waals surface area contributed by atoms with Gasteiger partial charge in [0, 0.05) is 0 Å². The van der Waals surface area contributed by atoms with Crippen LogP contribution in [0, 0.1) is 0 Å². The van der Waals surface area contributed by atoms with Crippen LogP contribution in [-0.4, -0.2) is 0 Å². The molecule has 0 spiro atoms. The Labute approximate surface area is 133 Å². The highest BCUT2D eigenvalue weighted by Gasteiger charge is 2.22. The molecule has 0 saturated carbocycles. The molecule has 3 rings (SSSR count). The van der Waals surface area contributed by atoms with Crippen molar-refractivity contribution < 1.29 is 0 Å². The van der Waals surface area contributed by atoms with E-state index in [2.05, 4.69) is 99.6 Å². The summed E-state index contributed by atoms with van der Waals surface area (Å²) in [5.74, 6) is 0. The molecule has 110 valence electrons. The van der Waals surface area contributed by atoms with Crippen LogP contribution in [0.5, 0.6) is 0 Å². The van der Waals surface area contributed by atoms with Crippen molar-refractivity contribution in [2.75, 3.05) is 0 Å². The predicted molar refractivity (Wildman–Crippen MR) is 96.0 cm³/mol. The highest BCUT2D eigenvalue weighted by Crippen LogP contribution is 2.39. The van der Waals surface area contributed by atoms with E-state index in [1.165, 1.54) is 27.8 Å². The van der Waals surface area contributed by atoms with Gasteiger partial charge in [0.15, 0.2) is 0 Å². The molecular formula is C22H22. The lowest BCUT2D eigenvalue weighted by Crippen LogP contribution is -2.14. The Kier molecular flexibility index (Phi) is 3.85. The highest BCUT2D eigenvalue weighted by atomic mass is 14.3. The van der Waals surface area contributed by atoms with Crippen LogP contribution < -0.4 is 0 Å². The van der Waals surface area contributed by atoms with Crippen LogP contribution in [-0.2, 0) is 5.41 Å². The SMILES string of the molecule is CC(C)(C)c1c(-c2ccccc2)cccc1-c1ccccc1. The summed E-state index contributed by atoms with van der Waals surface area (Å²) in [6.45, 7) is 6.88. The minimum atomic E-state index is 0.0810. The van der Waals surface area contributed by atoms with Crippen LogP contribution in [0.25, 0.3) is 22.3 Å². The molecule has 0 aliphatic heterocycles. The minimum Gasteiger partial charge on any atom is -0.0622 e. The average Bonchev–Trinajstić information content (AvgIpc) is 2.55. The maximum atomic E-state index is 2.29.